The lowest BCUT2D eigenvalue weighted by atomic mass is 10.2. The van der Waals surface area contributed by atoms with Gasteiger partial charge in [-0.25, -0.2) is 9.78 Å². The number of carboxylic acids is 1. The first-order valence-electron chi connectivity index (χ1n) is 3.08. The van der Waals surface area contributed by atoms with Gasteiger partial charge in [0, 0.05) is 6.20 Å². The van der Waals surface area contributed by atoms with E-state index in [4.69, 9.17) is 28.3 Å². The van der Waals surface area contributed by atoms with E-state index in [1.165, 1.54) is 6.20 Å². The number of hydrogen-bond donors (Lipinski definition) is 1. The van der Waals surface area contributed by atoms with Gasteiger partial charge in [0.05, 0.1) is 10.0 Å². The Morgan fingerprint density at radius 1 is 1.58 bits per heavy atom. The second kappa shape index (κ2) is 3.29. The number of pyridine rings is 1. The molecule has 1 rings (SSSR count). The summed E-state index contributed by atoms with van der Waals surface area (Å²) in [7, 11) is 0. The summed E-state index contributed by atoms with van der Waals surface area (Å²) in [6, 6.07) is 0. The van der Waals surface area contributed by atoms with Crippen LogP contribution in [-0.4, -0.2) is 16.1 Å². The molecule has 1 heterocycles. The maximum atomic E-state index is 10.5. The van der Waals surface area contributed by atoms with Crippen molar-refractivity contribution in [2.75, 3.05) is 0 Å². The largest absolute Gasteiger partial charge is 0.476 e. The Kier molecular flexibility index (Phi) is 2.55. The van der Waals surface area contributed by atoms with Gasteiger partial charge in [-0.2, -0.15) is 0 Å². The van der Waals surface area contributed by atoms with Crippen LogP contribution in [0, 0.1) is 6.92 Å². The minimum atomic E-state index is -1.15. The summed E-state index contributed by atoms with van der Waals surface area (Å²) in [4.78, 5) is 14.1. The second-order valence-corrected chi connectivity index (χ2v) is 2.98. The van der Waals surface area contributed by atoms with E-state index in [-0.39, 0.29) is 10.7 Å². The molecule has 0 aliphatic heterocycles. The van der Waals surface area contributed by atoms with Crippen LogP contribution in [0.1, 0.15) is 16.1 Å². The Hall–Kier alpha value is -0.800. The molecule has 1 N–H and O–H groups in total. The van der Waals surface area contributed by atoms with Crippen molar-refractivity contribution in [3.05, 3.63) is 27.5 Å². The predicted octanol–water partition coefficient (Wildman–Crippen LogP) is 2.40. The minimum Gasteiger partial charge on any atom is -0.476 e. The van der Waals surface area contributed by atoms with Gasteiger partial charge >= 0.3 is 5.97 Å². The molecule has 0 radical (unpaired) electrons. The van der Waals surface area contributed by atoms with Gasteiger partial charge in [0.2, 0.25) is 0 Å². The fraction of sp³-hybridized carbons (Fsp3) is 0.143. The lowest BCUT2D eigenvalue weighted by Crippen LogP contribution is -2.02. The Labute approximate surface area is 78.9 Å². The summed E-state index contributed by atoms with van der Waals surface area (Å²) in [6.45, 7) is 1.64. The molecule has 0 saturated heterocycles. The molecule has 64 valence electrons. The maximum absolute atomic E-state index is 10.5. The van der Waals surface area contributed by atoms with Crippen LogP contribution in [0.2, 0.25) is 10.0 Å². The average molecular weight is 206 g/mol. The highest BCUT2D eigenvalue weighted by Crippen LogP contribution is 2.24. The maximum Gasteiger partial charge on any atom is 0.356 e. The Bertz CT molecular complexity index is 338. The molecule has 1 aromatic rings. The van der Waals surface area contributed by atoms with Crippen LogP contribution in [0.25, 0.3) is 0 Å². The van der Waals surface area contributed by atoms with E-state index in [0.717, 1.165) is 0 Å². The third kappa shape index (κ3) is 1.52. The molecule has 0 unspecified atom stereocenters. The summed E-state index contributed by atoms with van der Waals surface area (Å²) in [5, 5.41) is 9.05. The molecule has 1 aromatic heterocycles. The third-order valence-electron chi connectivity index (χ3n) is 1.40. The number of halogens is 2. The monoisotopic (exact) mass is 205 g/mol. The lowest BCUT2D eigenvalue weighted by Gasteiger charge is -2.02. The molecular formula is C7H5Cl2NO2. The quantitative estimate of drug-likeness (QED) is 0.767. The van der Waals surface area contributed by atoms with Crippen molar-refractivity contribution in [2.24, 2.45) is 0 Å². The first-order valence-corrected chi connectivity index (χ1v) is 3.83. The number of aromatic nitrogens is 1. The summed E-state index contributed by atoms with van der Waals surface area (Å²) >= 11 is 11.3. The fourth-order valence-electron chi connectivity index (χ4n) is 0.706. The molecule has 0 spiro atoms. The first kappa shape index (κ1) is 9.29. The summed E-state index contributed by atoms with van der Waals surface area (Å²) < 4.78 is 0. The number of carbonyl (C=O) groups is 1. The molecule has 0 bridgehead atoms. The standard InChI is InChI=1S/C7H5Cl2NO2/c1-3-4(8)2-10-6(5(3)9)7(11)12/h2H,1H3,(H,11,12). The van der Waals surface area contributed by atoms with Crippen LogP contribution >= 0.6 is 23.2 Å². The SMILES string of the molecule is Cc1c(Cl)cnc(C(=O)O)c1Cl. The van der Waals surface area contributed by atoms with E-state index in [9.17, 15) is 4.79 Å². The lowest BCUT2D eigenvalue weighted by molar-refractivity contribution is 0.0690. The Morgan fingerprint density at radius 2 is 2.17 bits per heavy atom. The van der Waals surface area contributed by atoms with Crippen LogP contribution in [-0.2, 0) is 0 Å². The highest BCUT2D eigenvalue weighted by atomic mass is 35.5. The molecule has 0 aliphatic carbocycles. The number of carboxylic acid groups (broad SMARTS) is 1. The van der Waals surface area contributed by atoms with Crippen molar-refractivity contribution < 1.29 is 9.90 Å². The zero-order valence-electron chi connectivity index (χ0n) is 6.14. The molecule has 0 atom stereocenters. The minimum absolute atomic E-state index is 0.0926. The Morgan fingerprint density at radius 3 is 2.67 bits per heavy atom. The molecule has 0 saturated carbocycles. The van der Waals surface area contributed by atoms with Crippen LogP contribution in [0.5, 0.6) is 0 Å². The van der Waals surface area contributed by atoms with E-state index in [0.29, 0.717) is 10.6 Å². The molecular weight excluding hydrogens is 201 g/mol. The first-order chi connectivity index (χ1) is 5.54. The summed E-state index contributed by atoms with van der Waals surface area (Å²) in [5.74, 6) is -1.15. The summed E-state index contributed by atoms with van der Waals surface area (Å²) in [5.41, 5.74) is 0.365. The van der Waals surface area contributed by atoms with Crippen molar-refractivity contribution in [3.63, 3.8) is 0 Å². The normalized spacial score (nSPS) is 9.92. The van der Waals surface area contributed by atoms with Crippen LogP contribution < -0.4 is 0 Å². The van der Waals surface area contributed by atoms with E-state index >= 15 is 0 Å². The van der Waals surface area contributed by atoms with E-state index < -0.39 is 5.97 Å². The van der Waals surface area contributed by atoms with Crippen molar-refractivity contribution in [2.45, 2.75) is 6.92 Å². The van der Waals surface area contributed by atoms with Crippen LogP contribution in [0.15, 0.2) is 6.20 Å². The van der Waals surface area contributed by atoms with Crippen LogP contribution in [0.4, 0.5) is 0 Å². The second-order valence-electron chi connectivity index (χ2n) is 2.20. The molecule has 12 heavy (non-hydrogen) atoms. The smallest absolute Gasteiger partial charge is 0.356 e. The van der Waals surface area contributed by atoms with Gasteiger partial charge in [-0.05, 0) is 12.5 Å². The van der Waals surface area contributed by atoms with Crippen molar-refractivity contribution in [1.82, 2.24) is 4.98 Å². The van der Waals surface area contributed by atoms with Gasteiger partial charge in [0.25, 0.3) is 0 Å². The molecule has 5 heteroatoms. The fourth-order valence-corrected chi connectivity index (χ4v) is 1.13. The molecule has 0 amide bonds. The van der Waals surface area contributed by atoms with Crippen molar-refractivity contribution >= 4 is 29.2 Å². The predicted molar refractivity (Wildman–Crippen MR) is 46.0 cm³/mol. The zero-order chi connectivity index (χ0) is 9.30. The van der Waals surface area contributed by atoms with Crippen LogP contribution in [0.3, 0.4) is 0 Å². The van der Waals surface area contributed by atoms with E-state index in [1.54, 1.807) is 6.92 Å². The zero-order valence-corrected chi connectivity index (χ0v) is 7.65. The van der Waals surface area contributed by atoms with Gasteiger partial charge in [-0.1, -0.05) is 23.2 Å². The molecule has 0 fully saturated rings. The third-order valence-corrected chi connectivity index (χ3v) is 2.25. The van der Waals surface area contributed by atoms with Crippen molar-refractivity contribution in [3.8, 4) is 0 Å². The number of rotatable bonds is 1. The highest BCUT2D eigenvalue weighted by Gasteiger charge is 2.13. The Balaban J connectivity index is 3.36. The number of hydrogen-bond acceptors (Lipinski definition) is 2. The van der Waals surface area contributed by atoms with E-state index in [2.05, 4.69) is 4.98 Å². The topological polar surface area (TPSA) is 50.2 Å². The average Bonchev–Trinajstić information content (AvgIpc) is 2.00. The van der Waals surface area contributed by atoms with Crippen molar-refractivity contribution in [1.29, 1.82) is 0 Å². The van der Waals surface area contributed by atoms with Gasteiger partial charge in [-0.15, -0.1) is 0 Å². The molecule has 0 aromatic carbocycles. The molecule has 3 nitrogen and oxygen atoms in total. The number of aromatic carboxylic acids is 1. The van der Waals surface area contributed by atoms with Gasteiger partial charge in [0.1, 0.15) is 0 Å². The van der Waals surface area contributed by atoms with Gasteiger partial charge in [0.15, 0.2) is 5.69 Å². The number of nitrogens with zero attached hydrogens (tertiary/aromatic N) is 1. The highest BCUT2D eigenvalue weighted by molar-refractivity contribution is 6.37. The molecule has 0 aliphatic rings. The van der Waals surface area contributed by atoms with Gasteiger partial charge < -0.3 is 5.11 Å². The summed E-state index contributed by atoms with van der Waals surface area (Å²) in [6.07, 6.45) is 1.27. The van der Waals surface area contributed by atoms with E-state index in [1.807, 2.05) is 0 Å². The van der Waals surface area contributed by atoms with Gasteiger partial charge in [-0.3, -0.25) is 0 Å².